The maximum Gasteiger partial charge on any atom is 0.304 e. The maximum atomic E-state index is 12.2. The van der Waals surface area contributed by atoms with Crippen molar-refractivity contribution < 1.29 is 29.2 Å². The lowest BCUT2D eigenvalue weighted by molar-refractivity contribution is -0.563. The molecular formula is C73H92BrN3O7. The Balaban J connectivity index is 0.000000163. The van der Waals surface area contributed by atoms with Crippen molar-refractivity contribution in [2.75, 3.05) is 7.05 Å². The number of nitrogens with one attached hydrogen (secondary N) is 1. The van der Waals surface area contributed by atoms with Crippen LogP contribution in [0.25, 0.3) is 0 Å². The van der Waals surface area contributed by atoms with Gasteiger partial charge in [0.05, 0.1) is 6.10 Å². The SMILES string of the molecule is CNC1(c2ccc(C)cc2)CCCCC1=O.Cc1ccc(Br)cc1.Cc1ccc(C2(N)CCCCC2=O)cc1.Cc1ccc(C2([N+](=O)[O-])CCCCC2=O)cc1.Cc1ccc(C2CCCCC2=O)cc1.Cc1ccc(C2CCCCC2O)cc1. The smallest absolute Gasteiger partial charge is 0.304 e. The molecule has 6 atom stereocenters. The summed E-state index contributed by atoms with van der Waals surface area (Å²) in [6.45, 7) is 12.3. The predicted molar refractivity (Wildman–Crippen MR) is 344 cm³/mol. The van der Waals surface area contributed by atoms with Crippen LogP contribution in [0.2, 0.25) is 0 Å². The van der Waals surface area contributed by atoms with Crippen molar-refractivity contribution in [3.8, 4) is 0 Å². The highest BCUT2D eigenvalue weighted by Crippen LogP contribution is 2.39. The van der Waals surface area contributed by atoms with E-state index in [2.05, 4.69) is 134 Å². The number of carbonyl (C=O) groups is 4. The molecule has 84 heavy (non-hydrogen) atoms. The average molecular weight is 1200 g/mol. The number of ketones is 4. The van der Waals surface area contributed by atoms with E-state index in [-0.39, 0.29) is 23.6 Å². The molecule has 6 unspecified atom stereocenters. The summed E-state index contributed by atoms with van der Waals surface area (Å²) in [5.41, 5.74) is 16.0. The first-order valence-electron chi connectivity index (χ1n) is 30.7. The van der Waals surface area contributed by atoms with Crippen molar-refractivity contribution in [2.45, 2.75) is 205 Å². The number of aliphatic hydroxyl groups is 1. The zero-order chi connectivity index (χ0) is 60.9. The van der Waals surface area contributed by atoms with Crippen LogP contribution in [0.4, 0.5) is 0 Å². The number of Topliss-reactive ketones (excluding diaryl/α,β-unsaturated/α-hetero) is 4. The van der Waals surface area contributed by atoms with E-state index in [1.54, 1.807) is 12.1 Å². The second kappa shape index (κ2) is 32.3. The second-order valence-electron chi connectivity index (χ2n) is 24.1. The molecule has 4 N–H and O–H groups in total. The molecule has 0 heterocycles. The van der Waals surface area contributed by atoms with Gasteiger partial charge in [-0.25, -0.2) is 0 Å². The van der Waals surface area contributed by atoms with Crippen LogP contribution in [0.15, 0.2) is 150 Å². The molecule has 0 saturated heterocycles. The van der Waals surface area contributed by atoms with Crippen LogP contribution in [-0.2, 0) is 35.8 Å². The molecule has 5 aliphatic rings. The summed E-state index contributed by atoms with van der Waals surface area (Å²) >= 11 is 3.35. The fourth-order valence-corrected chi connectivity index (χ4v) is 12.5. The molecule has 0 radical (unpaired) electrons. The Hall–Kier alpha value is -6.24. The lowest BCUT2D eigenvalue weighted by atomic mass is 9.75. The zero-order valence-corrected chi connectivity index (χ0v) is 52.6. The Morgan fingerprint density at radius 1 is 0.476 bits per heavy atom. The third kappa shape index (κ3) is 18.1. The highest BCUT2D eigenvalue weighted by Gasteiger charge is 2.53. The van der Waals surface area contributed by atoms with Crippen LogP contribution in [0, 0.1) is 51.7 Å². The fraction of sp³-hybridized carbons (Fsp3) is 0.452. The topological polar surface area (TPSA) is 170 Å². The van der Waals surface area contributed by atoms with E-state index < -0.39 is 21.5 Å². The number of nitro groups is 1. The van der Waals surface area contributed by atoms with Gasteiger partial charge in [-0.05, 0) is 147 Å². The number of aryl methyl sites for hydroxylation is 6. The Labute approximate surface area is 509 Å². The van der Waals surface area contributed by atoms with E-state index >= 15 is 0 Å². The highest BCUT2D eigenvalue weighted by molar-refractivity contribution is 9.10. The van der Waals surface area contributed by atoms with Crippen LogP contribution in [0.3, 0.4) is 0 Å². The number of benzene rings is 6. The molecular weight excluding hydrogens is 1110 g/mol. The molecule has 6 aromatic rings. The van der Waals surface area contributed by atoms with E-state index in [1.807, 2.05) is 69.4 Å². The van der Waals surface area contributed by atoms with Gasteiger partial charge in [0.1, 0.15) is 16.9 Å². The number of nitrogens with two attached hydrogens (primary N) is 1. The normalized spacial score (nSPS) is 23.9. The lowest BCUT2D eigenvalue weighted by Gasteiger charge is -2.36. The van der Waals surface area contributed by atoms with Crippen molar-refractivity contribution in [1.82, 2.24) is 5.32 Å². The summed E-state index contributed by atoms with van der Waals surface area (Å²) in [7, 11) is 1.89. The first-order chi connectivity index (χ1) is 40.2. The van der Waals surface area contributed by atoms with Crippen molar-refractivity contribution in [2.24, 2.45) is 5.73 Å². The molecule has 0 aliphatic heterocycles. The van der Waals surface area contributed by atoms with E-state index in [9.17, 15) is 34.4 Å². The number of halogens is 1. The number of aliphatic hydroxyl groups excluding tert-OH is 1. The fourth-order valence-electron chi connectivity index (χ4n) is 12.2. The monoisotopic (exact) mass is 1200 g/mol. The minimum absolute atomic E-state index is 0.119. The number of carbonyl (C=O) groups excluding carboxylic acids is 4. The van der Waals surface area contributed by atoms with Gasteiger partial charge >= 0.3 is 5.54 Å². The summed E-state index contributed by atoms with van der Waals surface area (Å²) < 4.78 is 1.14. The average Bonchev–Trinajstić information content (AvgIpc) is 3.20. The molecule has 5 aliphatic carbocycles. The zero-order valence-electron chi connectivity index (χ0n) is 51.0. The molecule has 5 saturated carbocycles. The molecule has 10 nitrogen and oxygen atoms in total. The van der Waals surface area contributed by atoms with Crippen LogP contribution in [0.1, 0.15) is 201 Å². The maximum absolute atomic E-state index is 12.2. The van der Waals surface area contributed by atoms with Gasteiger partial charge in [-0.15, -0.1) is 0 Å². The van der Waals surface area contributed by atoms with Gasteiger partial charge in [-0.3, -0.25) is 29.3 Å². The van der Waals surface area contributed by atoms with Crippen molar-refractivity contribution in [3.05, 3.63) is 221 Å². The van der Waals surface area contributed by atoms with Crippen LogP contribution in [-0.4, -0.2) is 46.3 Å². The number of hydrogen-bond donors (Lipinski definition) is 3. The number of nitrogens with zero attached hydrogens (tertiary/aromatic N) is 1. The quantitative estimate of drug-likeness (QED) is 0.104. The molecule has 11 rings (SSSR count). The van der Waals surface area contributed by atoms with E-state index in [0.717, 1.165) is 105 Å². The second-order valence-corrected chi connectivity index (χ2v) is 25.0. The Morgan fingerprint density at radius 3 is 1.33 bits per heavy atom. The van der Waals surface area contributed by atoms with Gasteiger partial charge in [0.2, 0.25) is 5.78 Å². The van der Waals surface area contributed by atoms with Gasteiger partial charge in [0.15, 0.2) is 11.6 Å². The summed E-state index contributed by atoms with van der Waals surface area (Å²) in [5, 5.41) is 24.5. The van der Waals surface area contributed by atoms with Crippen LogP contribution in [0.5, 0.6) is 0 Å². The van der Waals surface area contributed by atoms with Crippen LogP contribution < -0.4 is 11.1 Å². The van der Waals surface area contributed by atoms with Gasteiger partial charge in [-0.1, -0.05) is 215 Å². The third-order valence-electron chi connectivity index (χ3n) is 17.7. The first-order valence-corrected chi connectivity index (χ1v) is 31.5. The van der Waals surface area contributed by atoms with Crippen molar-refractivity contribution >= 4 is 39.1 Å². The largest absolute Gasteiger partial charge is 0.392 e. The lowest BCUT2D eigenvalue weighted by Crippen LogP contribution is -2.49. The molecule has 0 amide bonds. The molecule has 5 fully saturated rings. The Bertz CT molecular complexity index is 3030. The summed E-state index contributed by atoms with van der Waals surface area (Å²) in [4.78, 5) is 58.7. The standard InChI is InChI=1S/C14H19NO.C13H15NO3.C13H17NO.C13H18O.C13H16O.C7H7Br/c1-11-6-8-12(9-7-11)14(15-2)10-4-3-5-13(14)16;1-10-5-7-11(8-6-10)13(14(16)17)9-3-2-4-12(13)15;1-10-5-7-11(8-6-10)13(14)9-3-2-4-12(13)15;2*1-10-6-8-11(9-7-10)12-4-2-3-5-13(12)14;1-6-2-4-7(8)5-3-6/h6-9,15H,3-5,10H2,1-2H3;5-8H,2-4,9H2,1H3;5-8H,2-4,9,14H2,1H3;6-9,12-14H,2-5H2,1H3;6-9,12H,2-5H2,1H3;2-5H,1H3. The van der Waals surface area contributed by atoms with Gasteiger partial charge in [-0.2, -0.15) is 0 Å². The summed E-state index contributed by atoms with van der Waals surface area (Å²) in [5.74, 6) is 1.27. The van der Waals surface area contributed by atoms with Gasteiger partial charge < -0.3 is 16.2 Å². The van der Waals surface area contributed by atoms with E-state index in [4.69, 9.17) is 5.73 Å². The molecule has 448 valence electrons. The Kier molecular flexibility index (Phi) is 25.7. The molecule has 11 heteroatoms. The van der Waals surface area contributed by atoms with Gasteiger partial charge in [0, 0.05) is 58.9 Å². The summed E-state index contributed by atoms with van der Waals surface area (Å²) in [6, 6.07) is 48.6. The van der Waals surface area contributed by atoms with Crippen molar-refractivity contribution in [1.29, 1.82) is 0 Å². The number of likely N-dealkylation sites (N-methyl/N-ethyl adjacent to an activating group) is 1. The van der Waals surface area contributed by atoms with Crippen molar-refractivity contribution in [3.63, 3.8) is 0 Å². The van der Waals surface area contributed by atoms with Crippen LogP contribution >= 0.6 is 15.9 Å². The molecule has 0 bridgehead atoms. The summed E-state index contributed by atoms with van der Waals surface area (Å²) in [6.07, 6.45) is 17.9. The molecule has 6 aromatic carbocycles. The minimum Gasteiger partial charge on any atom is -0.392 e. The Morgan fingerprint density at radius 2 is 0.881 bits per heavy atom. The minimum atomic E-state index is -1.49. The third-order valence-corrected chi connectivity index (χ3v) is 18.2. The number of rotatable bonds is 7. The molecule has 0 aromatic heterocycles. The predicted octanol–water partition coefficient (Wildman–Crippen LogP) is 16.4. The highest BCUT2D eigenvalue weighted by atomic mass is 79.9. The van der Waals surface area contributed by atoms with Gasteiger partial charge in [0.25, 0.3) is 0 Å². The van der Waals surface area contributed by atoms with E-state index in [0.29, 0.717) is 48.7 Å². The molecule has 0 spiro atoms. The first kappa shape index (κ1) is 66.9. The van der Waals surface area contributed by atoms with E-state index in [1.165, 1.54) is 58.2 Å². The number of hydrogen-bond acceptors (Lipinski definition) is 9.